The van der Waals surface area contributed by atoms with E-state index in [1.807, 2.05) is 42.0 Å². The molecule has 7 nitrogen and oxygen atoms in total. The van der Waals surface area contributed by atoms with Crippen LogP contribution < -0.4 is 11.2 Å². The fourth-order valence-corrected chi connectivity index (χ4v) is 3.22. The van der Waals surface area contributed by atoms with E-state index in [0.29, 0.717) is 28.5 Å². The Labute approximate surface area is 147 Å². The molecule has 0 saturated heterocycles. The molecule has 0 spiro atoms. The highest BCUT2D eigenvalue weighted by Crippen LogP contribution is 2.18. The zero-order chi connectivity index (χ0) is 17.9. The molecule has 3 heterocycles. The summed E-state index contributed by atoms with van der Waals surface area (Å²) in [5, 5.41) is 0.683. The predicted octanol–water partition coefficient (Wildman–Crippen LogP) is 1.70. The summed E-state index contributed by atoms with van der Waals surface area (Å²) in [7, 11) is 3.09. The molecule has 8 heteroatoms. The first-order valence-electron chi connectivity index (χ1n) is 7.77. The van der Waals surface area contributed by atoms with Crippen LogP contribution in [0.25, 0.3) is 16.9 Å². The molecule has 0 aliphatic carbocycles. The van der Waals surface area contributed by atoms with Gasteiger partial charge in [0.2, 0.25) is 5.78 Å². The maximum Gasteiger partial charge on any atom is 0.332 e. The van der Waals surface area contributed by atoms with Crippen molar-refractivity contribution in [1.82, 2.24) is 23.1 Å². The van der Waals surface area contributed by atoms with Crippen LogP contribution in [0.4, 0.5) is 0 Å². The molecule has 0 N–H and O–H groups in total. The van der Waals surface area contributed by atoms with Crippen LogP contribution in [0.3, 0.4) is 0 Å². The van der Waals surface area contributed by atoms with Crippen LogP contribution in [-0.2, 0) is 20.6 Å². The zero-order valence-corrected chi connectivity index (χ0v) is 14.8. The normalized spacial score (nSPS) is 11.7. The van der Waals surface area contributed by atoms with Gasteiger partial charge in [-0.05, 0) is 24.6 Å². The Balaban J connectivity index is 2.00. The summed E-state index contributed by atoms with van der Waals surface area (Å²) in [4.78, 5) is 29.3. The van der Waals surface area contributed by atoms with Crippen LogP contribution >= 0.6 is 11.6 Å². The van der Waals surface area contributed by atoms with E-state index in [0.717, 1.165) is 15.8 Å². The van der Waals surface area contributed by atoms with Crippen molar-refractivity contribution in [3.63, 3.8) is 0 Å². The Kier molecular flexibility index (Phi) is 3.36. The molecule has 1 aromatic carbocycles. The van der Waals surface area contributed by atoms with Gasteiger partial charge in [0, 0.05) is 31.0 Å². The van der Waals surface area contributed by atoms with Crippen molar-refractivity contribution in [3.05, 3.63) is 67.6 Å². The van der Waals surface area contributed by atoms with E-state index in [1.54, 1.807) is 11.4 Å². The van der Waals surface area contributed by atoms with Crippen molar-refractivity contribution < 1.29 is 0 Å². The lowest BCUT2D eigenvalue weighted by atomic mass is 10.2. The molecular formula is C17H16ClN5O2. The van der Waals surface area contributed by atoms with Gasteiger partial charge >= 0.3 is 5.69 Å². The minimum absolute atomic E-state index is 0.353. The van der Waals surface area contributed by atoms with Crippen molar-refractivity contribution in [1.29, 1.82) is 0 Å². The van der Waals surface area contributed by atoms with E-state index < -0.39 is 0 Å². The number of imidazole rings is 2. The van der Waals surface area contributed by atoms with Crippen molar-refractivity contribution >= 4 is 28.5 Å². The van der Waals surface area contributed by atoms with Crippen LogP contribution in [0.2, 0.25) is 5.02 Å². The second-order valence-corrected chi connectivity index (χ2v) is 6.58. The summed E-state index contributed by atoms with van der Waals surface area (Å²) in [5.74, 6) is 0.626. The van der Waals surface area contributed by atoms with Crippen LogP contribution in [0.1, 0.15) is 11.3 Å². The van der Waals surface area contributed by atoms with Gasteiger partial charge < -0.3 is 4.57 Å². The molecule has 4 rings (SSSR count). The first kappa shape index (κ1) is 15.7. The first-order chi connectivity index (χ1) is 11.9. The lowest BCUT2D eigenvalue weighted by Gasteiger charge is -2.06. The molecule has 0 radical (unpaired) electrons. The molecular weight excluding hydrogens is 342 g/mol. The topological polar surface area (TPSA) is 66.2 Å². The Hall–Kier alpha value is -2.80. The quantitative estimate of drug-likeness (QED) is 0.548. The highest BCUT2D eigenvalue weighted by Gasteiger charge is 2.18. The lowest BCUT2D eigenvalue weighted by Crippen LogP contribution is -2.37. The molecule has 0 atom stereocenters. The van der Waals surface area contributed by atoms with Gasteiger partial charge in [-0.2, -0.15) is 4.98 Å². The number of nitrogens with zero attached hydrogens (tertiary/aromatic N) is 5. The zero-order valence-electron chi connectivity index (χ0n) is 14.0. The van der Waals surface area contributed by atoms with E-state index in [2.05, 4.69) is 4.98 Å². The Bertz CT molecular complexity index is 1240. The molecule has 0 unspecified atom stereocenters. The Morgan fingerprint density at radius 1 is 1.08 bits per heavy atom. The number of rotatable bonds is 2. The van der Waals surface area contributed by atoms with Gasteiger partial charge in [0.05, 0.1) is 6.54 Å². The first-order valence-corrected chi connectivity index (χ1v) is 8.14. The molecule has 3 aromatic heterocycles. The summed E-state index contributed by atoms with van der Waals surface area (Å²) in [5.41, 5.74) is 2.08. The molecule has 25 heavy (non-hydrogen) atoms. The number of benzene rings is 1. The molecule has 128 valence electrons. The Morgan fingerprint density at radius 2 is 1.76 bits per heavy atom. The predicted molar refractivity (Wildman–Crippen MR) is 96.5 cm³/mol. The van der Waals surface area contributed by atoms with Gasteiger partial charge in [0.15, 0.2) is 11.2 Å². The Morgan fingerprint density at radius 3 is 2.44 bits per heavy atom. The number of halogens is 1. The van der Waals surface area contributed by atoms with Crippen LogP contribution in [0.5, 0.6) is 0 Å². The van der Waals surface area contributed by atoms with Crippen molar-refractivity contribution in [2.45, 2.75) is 13.5 Å². The molecule has 4 aromatic rings. The maximum atomic E-state index is 12.6. The van der Waals surface area contributed by atoms with Crippen LogP contribution in [-0.4, -0.2) is 23.1 Å². The van der Waals surface area contributed by atoms with Gasteiger partial charge in [0.1, 0.15) is 0 Å². The molecule has 0 bridgehead atoms. The molecule has 0 amide bonds. The molecule has 0 aliphatic heterocycles. The van der Waals surface area contributed by atoms with Crippen LogP contribution in [0, 0.1) is 6.92 Å². The average molecular weight is 358 g/mol. The fraction of sp³-hybridized carbons (Fsp3) is 0.235. The van der Waals surface area contributed by atoms with Gasteiger partial charge in [-0.15, -0.1) is 0 Å². The van der Waals surface area contributed by atoms with Crippen molar-refractivity contribution in [3.8, 4) is 0 Å². The van der Waals surface area contributed by atoms with E-state index in [9.17, 15) is 9.59 Å². The van der Waals surface area contributed by atoms with E-state index in [-0.39, 0.29) is 11.2 Å². The maximum absolute atomic E-state index is 12.6. The van der Waals surface area contributed by atoms with Gasteiger partial charge in [-0.25, -0.2) is 4.79 Å². The number of aromatic nitrogens is 5. The number of hydrogen-bond donors (Lipinski definition) is 0. The molecule has 0 saturated carbocycles. The minimum Gasteiger partial charge on any atom is -0.310 e. The summed E-state index contributed by atoms with van der Waals surface area (Å²) < 4.78 is 6.25. The smallest absolute Gasteiger partial charge is 0.310 e. The number of aryl methyl sites for hydroxylation is 2. The third-order valence-corrected chi connectivity index (χ3v) is 4.76. The van der Waals surface area contributed by atoms with Crippen molar-refractivity contribution in [2.24, 2.45) is 14.1 Å². The second kappa shape index (κ2) is 5.35. The highest BCUT2D eigenvalue weighted by atomic mass is 35.5. The van der Waals surface area contributed by atoms with E-state index >= 15 is 0 Å². The minimum atomic E-state index is -0.390. The number of fused-ring (bicyclic) bond motifs is 3. The SMILES string of the molecule is Cc1cn2c3c(=O)n(C)c(=O)n(C)c3nc2n1Cc1ccc(Cl)cc1. The van der Waals surface area contributed by atoms with Gasteiger partial charge in [-0.1, -0.05) is 23.7 Å². The van der Waals surface area contributed by atoms with E-state index in [1.165, 1.54) is 11.6 Å². The third-order valence-electron chi connectivity index (χ3n) is 4.51. The third kappa shape index (κ3) is 2.23. The summed E-state index contributed by atoms with van der Waals surface area (Å²) in [6.07, 6.45) is 1.87. The second-order valence-electron chi connectivity index (χ2n) is 6.14. The fourth-order valence-electron chi connectivity index (χ4n) is 3.10. The van der Waals surface area contributed by atoms with E-state index in [4.69, 9.17) is 11.6 Å². The largest absolute Gasteiger partial charge is 0.332 e. The van der Waals surface area contributed by atoms with Crippen LogP contribution in [0.15, 0.2) is 40.1 Å². The summed E-state index contributed by atoms with van der Waals surface area (Å²) in [6.45, 7) is 2.56. The summed E-state index contributed by atoms with van der Waals surface area (Å²) in [6, 6.07) is 7.59. The standard InChI is InChI=1S/C17H16ClN5O2/c1-10-8-23-13-14(20(2)17(25)21(3)15(13)24)19-16(23)22(10)9-11-4-6-12(18)7-5-11/h4-8H,9H2,1-3H3. The van der Waals surface area contributed by atoms with Crippen molar-refractivity contribution in [2.75, 3.05) is 0 Å². The van der Waals surface area contributed by atoms with Gasteiger partial charge in [0.25, 0.3) is 5.56 Å². The molecule has 0 fully saturated rings. The van der Waals surface area contributed by atoms with Gasteiger partial charge in [-0.3, -0.25) is 18.3 Å². The average Bonchev–Trinajstić information content (AvgIpc) is 3.09. The molecule has 0 aliphatic rings. The highest BCUT2D eigenvalue weighted by molar-refractivity contribution is 6.30. The number of hydrogen-bond acceptors (Lipinski definition) is 3. The monoisotopic (exact) mass is 357 g/mol. The lowest BCUT2D eigenvalue weighted by molar-refractivity contribution is 0.707. The summed E-state index contributed by atoms with van der Waals surface area (Å²) >= 11 is 5.95.